The van der Waals surface area contributed by atoms with Crippen LogP contribution in [0.1, 0.15) is 26.7 Å². The molecule has 17 heavy (non-hydrogen) atoms. The molecule has 0 spiro atoms. The zero-order valence-electron chi connectivity index (χ0n) is 9.41. The number of ether oxygens (including phenoxy) is 1. The molecule has 0 aliphatic rings. The maximum Gasteiger partial charge on any atom is 0.346 e. The van der Waals surface area contributed by atoms with E-state index in [-0.39, 0.29) is 6.10 Å². The Morgan fingerprint density at radius 2 is 1.53 bits per heavy atom. The second kappa shape index (κ2) is 7.58. The summed E-state index contributed by atoms with van der Waals surface area (Å²) in [6.07, 6.45) is -1.45. The predicted molar refractivity (Wildman–Crippen MR) is 51.4 cm³/mol. The van der Waals surface area contributed by atoms with Crippen LogP contribution in [0.4, 0.5) is 0 Å². The second-order valence-corrected chi connectivity index (χ2v) is 3.52. The van der Waals surface area contributed by atoms with Crippen molar-refractivity contribution in [3.63, 3.8) is 0 Å². The first-order valence-electron chi connectivity index (χ1n) is 4.79. The summed E-state index contributed by atoms with van der Waals surface area (Å²) >= 11 is 0. The summed E-state index contributed by atoms with van der Waals surface area (Å²) < 4.78 is 4.75. The third kappa shape index (κ3) is 6.48. The van der Waals surface area contributed by atoms with Crippen LogP contribution in [0.25, 0.3) is 0 Å². The van der Waals surface area contributed by atoms with E-state index in [1.165, 1.54) is 0 Å². The fourth-order valence-electron chi connectivity index (χ4n) is 1.06. The van der Waals surface area contributed by atoms with E-state index in [4.69, 9.17) is 15.3 Å². The Kier molecular flexibility index (Phi) is 6.83. The summed E-state index contributed by atoms with van der Waals surface area (Å²) in [5.41, 5.74) is 0. The molecule has 98 valence electrons. The quantitative estimate of drug-likeness (QED) is 0.300. The molecule has 0 radical (unpaired) electrons. The van der Waals surface area contributed by atoms with Gasteiger partial charge in [-0.1, -0.05) is 0 Å². The van der Waals surface area contributed by atoms with Gasteiger partial charge in [-0.05, 0) is 13.8 Å². The molecule has 0 aromatic heterocycles. The third-order valence-corrected chi connectivity index (χ3v) is 1.72. The highest BCUT2D eigenvalue weighted by Crippen LogP contribution is 2.13. The highest BCUT2D eigenvalue weighted by molar-refractivity contribution is 5.83. The SMILES string of the molecule is CC(C)OC(=O)CC(CC(=O)OO)C(=O)OO. The Morgan fingerprint density at radius 3 is 1.94 bits per heavy atom. The molecule has 2 N–H and O–H groups in total. The van der Waals surface area contributed by atoms with Crippen LogP contribution in [0.15, 0.2) is 0 Å². The van der Waals surface area contributed by atoms with Crippen LogP contribution in [-0.2, 0) is 28.9 Å². The molecule has 0 heterocycles. The molecule has 0 saturated heterocycles. The average Bonchev–Trinajstić information content (AvgIpc) is 2.25. The first-order valence-corrected chi connectivity index (χ1v) is 4.79. The molecule has 0 aromatic carbocycles. The normalized spacial score (nSPS) is 11.8. The molecule has 1 unspecified atom stereocenters. The Hall–Kier alpha value is -1.67. The van der Waals surface area contributed by atoms with Gasteiger partial charge in [0.15, 0.2) is 0 Å². The predicted octanol–water partition coefficient (Wildman–Crippen LogP) is 0.367. The maximum atomic E-state index is 11.2. The molecular weight excluding hydrogens is 236 g/mol. The molecule has 0 bridgehead atoms. The van der Waals surface area contributed by atoms with Gasteiger partial charge in [0.2, 0.25) is 0 Å². The summed E-state index contributed by atoms with van der Waals surface area (Å²) in [6.45, 7) is 3.22. The van der Waals surface area contributed by atoms with Crippen molar-refractivity contribution >= 4 is 17.9 Å². The van der Waals surface area contributed by atoms with Crippen LogP contribution >= 0.6 is 0 Å². The lowest BCUT2D eigenvalue weighted by molar-refractivity contribution is -0.245. The van der Waals surface area contributed by atoms with E-state index in [9.17, 15) is 14.4 Å². The molecule has 8 nitrogen and oxygen atoms in total. The number of carbonyl (C=O) groups is 3. The average molecular weight is 250 g/mol. The lowest BCUT2D eigenvalue weighted by Crippen LogP contribution is -2.25. The zero-order valence-corrected chi connectivity index (χ0v) is 9.41. The highest BCUT2D eigenvalue weighted by Gasteiger charge is 2.28. The molecule has 1 atom stereocenters. The van der Waals surface area contributed by atoms with Gasteiger partial charge in [-0.25, -0.2) is 9.59 Å². The maximum absolute atomic E-state index is 11.2. The van der Waals surface area contributed by atoms with Gasteiger partial charge in [0.05, 0.1) is 24.9 Å². The van der Waals surface area contributed by atoms with E-state index in [0.717, 1.165) is 0 Å². The summed E-state index contributed by atoms with van der Waals surface area (Å²) in [7, 11) is 0. The topological polar surface area (TPSA) is 119 Å². The van der Waals surface area contributed by atoms with E-state index in [1.54, 1.807) is 13.8 Å². The second-order valence-electron chi connectivity index (χ2n) is 3.52. The van der Waals surface area contributed by atoms with E-state index < -0.39 is 36.7 Å². The Morgan fingerprint density at radius 1 is 1.00 bits per heavy atom. The summed E-state index contributed by atoms with van der Waals surface area (Å²) in [5.74, 6) is -4.32. The van der Waals surface area contributed by atoms with Crippen molar-refractivity contribution < 1.29 is 39.4 Å². The molecular formula is C9H14O8. The van der Waals surface area contributed by atoms with Gasteiger partial charge in [-0.3, -0.25) is 4.79 Å². The van der Waals surface area contributed by atoms with Crippen molar-refractivity contribution in [2.45, 2.75) is 32.8 Å². The van der Waals surface area contributed by atoms with Crippen molar-refractivity contribution in [1.29, 1.82) is 0 Å². The van der Waals surface area contributed by atoms with Crippen molar-refractivity contribution in [2.24, 2.45) is 5.92 Å². The van der Waals surface area contributed by atoms with Gasteiger partial charge in [0.25, 0.3) is 0 Å². The number of hydrogen-bond donors (Lipinski definition) is 2. The van der Waals surface area contributed by atoms with Gasteiger partial charge in [-0.2, -0.15) is 10.5 Å². The van der Waals surface area contributed by atoms with Gasteiger partial charge in [-0.15, -0.1) is 0 Å². The minimum Gasteiger partial charge on any atom is -0.463 e. The van der Waals surface area contributed by atoms with Crippen LogP contribution in [0.5, 0.6) is 0 Å². The standard InChI is InChI=1S/C9H14O8/c1-5(2)15-7(10)3-6(9(12)17-14)4-8(11)16-13/h5-6,13-14H,3-4H2,1-2H3. The molecule has 0 aromatic rings. The highest BCUT2D eigenvalue weighted by atomic mass is 17.1. The lowest BCUT2D eigenvalue weighted by Gasteiger charge is -2.12. The minimum absolute atomic E-state index is 0.377. The lowest BCUT2D eigenvalue weighted by atomic mass is 10.0. The minimum atomic E-state index is -1.27. The Balaban J connectivity index is 4.43. The summed E-state index contributed by atoms with van der Waals surface area (Å²) in [4.78, 5) is 39.8. The molecule has 8 heteroatoms. The van der Waals surface area contributed by atoms with Crippen LogP contribution < -0.4 is 0 Å². The molecule has 0 aliphatic heterocycles. The van der Waals surface area contributed by atoms with Crippen LogP contribution in [0.3, 0.4) is 0 Å². The summed E-state index contributed by atoms with van der Waals surface area (Å²) in [5, 5.41) is 16.2. The van der Waals surface area contributed by atoms with Crippen molar-refractivity contribution in [1.82, 2.24) is 0 Å². The van der Waals surface area contributed by atoms with Crippen molar-refractivity contribution in [3.8, 4) is 0 Å². The first-order chi connectivity index (χ1) is 7.90. The van der Waals surface area contributed by atoms with Crippen LogP contribution in [-0.4, -0.2) is 34.5 Å². The van der Waals surface area contributed by atoms with Gasteiger partial charge < -0.3 is 14.5 Å². The van der Waals surface area contributed by atoms with E-state index in [2.05, 4.69) is 9.78 Å². The van der Waals surface area contributed by atoms with Crippen molar-refractivity contribution in [2.75, 3.05) is 0 Å². The van der Waals surface area contributed by atoms with E-state index >= 15 is 0 Å². The van der Waals surface area contributed by atoms with Crippen LogP contribution in [0, 0.1) is 5.92 Å². The summed E-state index contributed by atoms with van der Waals surface area (Å²) in [6, 6.07) is 0. The van der Waals surface area contributed by atoms with Gasteiger partial charge in [0, 0.05) is 0 Å². The van der Waals surface area contributed by atoms with Gasteiger partial charge in [0.1, 0.15) is 0 Å². The molecule has 0 fully saturated rings. The molecule has 0 aliphatic carbocycles. The monoisotopic (exact) mass is 250 g/mol. The number of hydrogen-bond acceptors (Lipinski definition) is 8. The Bertz CT molecular complexity index is 285. The van der Waals surface area contributed by atoms with E-state index in [0.29, 0.717) is 0 Å². The fraction of sp³-hybridized carbons (Fsp3) is 0.667. The van der Waals surface area contributed by atoms with Gasteiger partial charge >= 0.3 is 17.9 Å². The molecule has 0 rings (SSSR count). The largest absolute Gasteiger partial charge is 0.463 e. The molecule has 0 amide bonds. The Labute approximate surface area is 96.9 Å². The number of rotatable bonds is 6. The smallest absolute Gasteiger partial charge is 0.346 e. The zero-order chi connectivity index (χ0) is 13.4. The van der Waals surface area contributed by atoms with E-state index in [1.807, 2.05) is 0 Å². The molecule has 0 saturated carbocycles. The number of esters is 1. The number of carbonyl (C=O) groups excluding carboxylic acids is 3. The fourth-order valence-corrected chi connectivity index (χ4v) is 1.06. The first kappa shape index (κ1) is 15.3. The van der Waals surface area contributed by atoms with Crippen LogP contribution in [0.2, 0.25) is 0 Å². The third-order valence-electron chi connectivity index (χ3n) is 1.72. The van der Waals surface area contributed by atoms with Crippen molar-refractivity contribution in [3.05, 3.63) is 0 Å².